The third-order valence-electron chi connectivity index (χ3n) is 0. The first-order valence-corrected chi connectivity index (χ1v) is 0.707. The van der Waals surface area contributed by atoms with E-state index in [-0.39, 0.29) is 38.4 Å². The topological polar surface area (TPSA) is 69.2 Å². The molecule has 0 fully saturated rings. The molecule has 26 valence electrons. The van der Waals surface area contributed by atoms with E-state index in [9.17, 15) is 0 Å². The molecule has 0 saturated heterocycles. The zero-order valence-electron chi connectivity index (χ0n) is 2.79. The van der Waals surface area contributed by atoms with Gasteiger partial charge in [-0.3, -0.25) is 7.32 Å². The molecule has 0 spiro atoms. The molecule has 0 atom stereocenters. The second-order valence-corrected chi connectivity index (χ2v) is 0.289. The van der Waals surface area contributed by atoms with Crippen molar-refractivity contribution >= 4 is 24.7 Å². The summed E-state index contributed by atoms with van der Waals surface area (Å²) in [4.78, 5) is 0. The summed E-state index contributed by atoms with van der Waals surface area (Å²) < 4.78 is 0. The first kappa shape index (κ1) is 15.7. The molecule has 0 aromatic carbocycles. The molecule has 0 unspecified atom stereocenters. The maximum Gasteiger partial charge on any atom is 4.00 e. The second-order valence-electron chi connectivity index (χ2n) is 0.289. The average Bonchev–Trinajstić information content (AvgIpc) is 0.811. The van der Waals surface area contributed by atoms with Crippen molar-refractivity contribution in [3.05, 3.63) is 0 Å². The summed E-state index contributed by atoms with van der Waals surface area (Å²) in [7, 11) is -2.92. The van der Waals surface area contributed by atoms with Crippen LogP contribution in [0.1, 0.15) is 0 Å². The fraction of sp³-hybridized carbons (Fsp3) is 0. The van der Waals surface area contributed by atoms with Crippen molar-refractivity contribution in [2.75, 3.05) is 0 Å². The third kappa shape index (κ3) is 66.0. The summed E-state index contributed by atoms with van der Waals surface area (Å²) in [5, 5.41) is 25.2. The van der Waals surface area contributed by atoms with Gasteiger partial charge < -0.3 is 15.1 Å². The minimum atomic E-state index is -2.92. The fourth-order valence-corrected chi connectivity index (χ4v) is 0. The van der Waals surface area contributed by atoms with Gasteiger partial charge >= 0.3 is 38.4 Å². The molecule has 0 N–H and O–H groups in total. The van der Waals surface area contributed by atoms with Gasteiger partial charge in [0.2, 0.25) is 0 Å². The molecule has 0 amide bonds. The van der Waals surface area contributed by atoms with Gasteiger partial charge in [0.25, 0.3) is 0 Å². The molecule has 0 aromatic rings. The molecule has 0 aliphatic rings. The minimum Gasteiger partial charge on any atom is -0.907 e. The molecule has 0 aliphatic carbocycles. The van der Waals surface area contributed by atoms with Crippen LogP contribution in [0.15, 0.2) is 0 Å². The summed E-state index contributed by atoms with van der Waals surface area (Å²) in [6.45, 7) is 0. The van der Waals surface area contributed by atoms with E-state index in [0.29, 0.717) is 0 Å². The molecular formula is AlBMoO3+4. The van der Waals surface area contributed by atoms with Gasteiger partial charge in [0.05, 0.1) is 0 Å². The Hall–Kier alpha value is 1.17. The number of rotatable bonds is 0. The third-order valence-corrected chi connectivity index (χ3v) is 0. The van der Waals surface area contributed by atoms with Crippen LogP contribution in [0.2, 0.25) is 0 Å². The van der Waals surface area contributed by atoms with Crippen molar-refractivity contribution in [3.8, 4) is 0 Å². The summed E-state index contributed by atoms with van der Waals surface area (Å²) in [5.41, 5.74) is 0. The van der Waals surface area contributed by atoms with Crippen molar-refractivity contribution in [1.29, 1.82) is 0 Å². The standard InChI is InChI=1S/Al.BO3.Mo/c;2-1(3)4;/q+3;-3;+4. The molecule has 0 aromatic heterocycles. The van der Waals surface area contributed by atoms with Crippen molar-refractivity contribution in [1.82, 2.24) is 0 Å². The summed E-state index contributed by atoms with van der Waals surface area (Å²) in [6.07, 6.45) is 0. The van der Waals surface area contributed by atoms with Crippen LogP contribution in [0.5, 0.6) is 0 Å². The van der Waals surface area contributed by atoms with Crippen molar-refractivity contribution in [2.24, 2.45) is 0 Å². The Morgan fingerprint density at radius 3 is 1.00 bits per heavy atom. The van der Waals surface area contributed by atoms with E-state index in [1.165, 1.54) is 0 Å². The van der Waals surface area contributed by atoms with Crippen molar-refractivity contribution in [3.63, 3.8) is 0 Å². The van der Waals surface area contributed by atoms with E-state index >= 15 is 0 Å². The van der Waals surface area contributed by atoms with E-state index in [2.05, 4.69) is 0 Å². The SMILES string of the molecule is [Al+3].[Mo+4].[O-]B([O-])[O-]. The quantitative estimate of drug-likeness (QED) is 0.355. The van der Waals surface area contributed by atoms with Crippen LogP contribution in [0.3, 0.4) is 0 Å². The smallest absolute Gasteiger partial charge is 0.907 e. The van der Waals surface area contributed by atoms with Gasteiger partial charge in [-0.15, -0.1) is 0 Å². The Balaban J connectivity index is -0.0000000450. The van der Waals surface area contributed by atoms with E-state index in [1.807, 2.05) is 0 Å². The monoisotopic (exact) mass is 184 g/mol. The van der Waals surface area contributed by atoms with Gasteiger partial charge in [-0.2, -0.15) is 0 Å². The summed E-state index contributed by atoms with van der Waals surface area (Å²) >= 11 is 0. The van der Waals surface area contributed by atoms with Gasteiger partial charge in [0.15, 0.2) is 0 Å². The van der Waals surface area contributed by atoms with Crippen LogP contribution < -0.4 is 15.1 Å². The van der Waals surface area contributed by atoms with Gasteiger partial charge in [-0.1, -0.05) is 0 Å². The summed E-state index contributed by atoms with van der Waals surface area (Å²) in [5.74, 6) is 0. The van der Waals surface area contributed by atoms with Crippen molar-refractivity contribution in [2.45, 2.75) is 0 Å². The van der Waals surface area contributed by atoms with Crippen molar-refractivity contribution < 1.29 is 36.1 Å². The predicted octanol–water partition coefficient (Wildman–Crippen LogP) is -4.33. The van der Waals surface area contributed by atoms with Crippen LogP contribution in [-0.4, -0.2) is 24.7 Å². The minimum absolute atomic E-state index is 0. The van der Waals surface area contributed by atoms with Crippen LogP contribution in [0.4, 0.5) is 0 Å². The van der Waals surface area contributed by atoms with E-state index < -0.39 is 7.32 Å². The molecule has 0 radical (unpaired) electrons. The molecule has 0 heterocycles. The molecule has 0 aliphatic heterocycles. The zero-order chi connectivity index (χ0) is 3.58. The first-order chi connectivity index (χ1) is 1.73. The zero-order valence-corrected chi connectivity index (χ0v) is 5.95. The van der Waals surface area contributed by atoms with E-state index in [1.54, 1.807) is 0 Å². The molecule has 3 nitrogen and oxygen atoms in total. The Labute approximate surface area is 60.9 Å². The largest absolute Gasteiger partial charge is 4.00 e. The Morgan fingerprint density at radius 1 is 1.00 bits per heavy atom. The molecule has 6 heteroatoms. The Morgan fingerprint density at radius 2 is 1.00 bits per heavy atom. The van der Waals surface area contributed by atoms with Gasteiger partial charge in [0.1, 0.15) is 0 Å². The maximum absolute atomic E-state index is 8.42. The second kappa shape index (κ2) is 9.48. The van der Waals surface area contributed by atoms with Crippen LogP contribution in [0.25, 0.3) is 0 Å². The molecule has 0 bridgehead atoms. The van der Waals surface area contributed by atoms with Crippen LogP contribution in [0, 0.1) is 0 Å². The van der Waals surface area contributed by atoms with E-state index in [4.69, 9.17) is 15.1 Å². The van der Waals surface area contributed by atoms with Gasteiger partial charge in [-0.25, -0.2) is 0 Å². The van der Waals surface area contributed by atoms with Crippen LogP contribution >= 0.6 is 0 Å². The molecule has 6 heavy (non-hydrogen) atoms. The van der Waals surface area contributed by atoms with Gasteiger partial charge in [0, 0.05) is 0 Å². The van der Waals surface area contributed by atoms with Crippen LogP contribution in [-0.2, 0) is 21.1 Å². The molecule has 0 saturated carbocycles. The fourth-order valence-electron chi connectivity index (χ4n) is 0. The maximum atomic E-state index is 8.42. The molecular weight excluding hydrogens is 182 g/mol. The van der Waals surface area contributed by atoms with Gasteiger partial charge in [-0.05, 0) is 0 Å². The number of hydrogen-bond donors (Lipinski definition) is 0. The number of hydrogen-bond acceptors (Lipinski definition) is 3. The molecule has 0 rings (SSSR count). The van der Waals surface area contributed by atoms with E-state index in [0.717, 1.165) is 0 Å². The summed E-state index contributed by atoms with van der Waals surface area (Å²) in [6, 6.07) is 0. The normalized spacial score (nSPS) is 4.50. The average molecular weight is 182 g/mol. The Kier molecular flexibility index (Phi) is 24.8. The first-order valence-electron chi connectivity index (χ1n) is 0.707. The predicted molar refractivity (Wildman–Crippen MR) is 11.5 cm³/mol. The Bertz CT molecular complexity index is 15.5.